The summed E-state index contributed by atoms with van der Waals surface area (Å²) in [4.78, 5) is 0. The van der Waals surface area contributed by atoms with E-state index in [1.165, 1.54) is 6.42 Å². The van der Waals surface area contributed by atoms with E-state index in [9.17, 15) is 0 Å². The fourth-order valence-electron chi connectivity index (χ4n) is 5.42. The monoisotopic (exact) mass is 1020 g/mol. The fraction of sp³-hybridized carbons (Fsp3) is 0.642. The quantitative estimate of drug-likeness (QED) is 0.225. The lowest BCUT2D eigenvalue weighted by Gasteiger charge is -2.22. The van der Waals surface area contributed by atoms with Crippen LogP contribution >= 0.6 is 0 Å². The average Bonchev–Trinajstić information content (AvgIpc) is 3.33. The van der Waals surface area contributed by atoms with Gasteiger partial charge in [0.15, 0.2) is 0 Å². The van der Waals surface area contributed by atoms with Crippen molar-refractivity contribution in [1.82, 2.24) is 0 Å². The minimum atomic E-state index is 0. The molecule has 0 saturated heterocycles. The molecule has 428 valence electrons. The zero-order valence-corrected chi connectivity index (χ0v) is 51.8. The van der Waals surface area contributed by atoms with Crippen LogP contribution in [0.2, 0.25) is 0 Å². The third-order valence-electron chi connectivity index (χ3n) is 9.68. The lowest BCUT2D eigenvalue weighted by Crippen LogP contribution is -2.17. The molecule has 0 spiro atoms. The Bertz CT molecular complexity index is 1450. The van der Waals surface area contributed by atoms with Gasteiger partial charge in [-0.05, 0) is 91.2 Å². The number of ether oxygens (including phenoxy) is 6. The first-order valence-corrected chi connectivity index (χ1v) is 28.0. The lowest BCUT2D eigenvalue weighted by molar-refractivity contribution is 0.138. The summed E-state index contributed by atoms with van der Waals surface area (Å²) in [5, 5.41) is 0. The zero-order valence-electron chi connectivity index (χ0n) is 51.8. The van der Waals surface area contributed by atoms with Crippen molar-refractivity contribution in [2.75, 3.05) is 39.6 Å². The predicted molar refractivity (Wildman–Crippen MR) is 331 cm³/mol. The van der Waals surface area contributed by atoms with Crippen molar-refractivity contribution in [3.8, 4) is 0 Å². The minimum absolute atomic E-state index is 0. The lowest BCUT2D eigenvalue weighted by atomic mass is 9.88. The van der Waals surface area contributed by atoms with Crippen LogP contribution in [0.5, 0.6) is 0 Å². The Balaban J connectivity index is -0.000000137. The summed E-state index contributed by atoms with van der Waals surface area (Å²) >= 11 is 0. The van der Waals surface area contributed by atoms with Crippen LogP contribution in [0.4, 0.5) is 0 Å². The van der Waals surface area contributed by atoms with Crippen LogP contribution in [0, 0.1) is 32.5 Å². The van der Waals surface area contributed by atoms with Crippen LogP contribution in [-0.2, 0) is 28.4 Å². The Labute approximate surface area is 457 Å². The molecule has 73 heavy (non-hydrogen) atoms. The topological polar surface area (TPSA) is 55.4 Å². The first kappa shape index (κ1) is 82.8. The van der Waals surface area contributed by atoms with Gasteiger partial charge in [0.05, 0.1) is 70.6 Å². The summed E-state index contributed by atoms with van der Waals surface area (Å²) in [5.41, 5.74) is 1.53. The van der Waals surface area contributed by atoms with Crippen LogP contribution in [0.1, 0.15) is 212 Å². The van der Waals surface area contributed by atoms with Crippen molar-refractivity contribution < 1.29 is 28.4 Å². The van der Waals surface area contributed by atoms with Crippen molar-refractivity contribution >= 4 is 0 Å². The van der Waals surface area contributed by atoms with Crippen LogP contribution in [0.3, 0.4) is 0 Å². The van der Waals surface area contributed by atoms with E-state index in [0.29, 0.717) is 22.9 Å². The average molecular weight is 1030 g/mol. The second-order valence-corrected chi connectivity index (χ2v) is 19.7. The van der Waals surface area contributed by atoms with Crippen LogP contribution in [0.15, 0.2) is 147 Å². The molecular formula is C67H124O6. The predicted octanol–water partition coefficient (Wildman–Crippen LogP) is 21.8. The van der Waals surface area contributed by atoms with Gasteiger partial charge >= 0.3 is 0 Å². The molecule has 0 unspecified atom stereocenters. The molecule has 0 atom stereocenters. The van der Waals surface area contributed by atoms with E-state index in [4.69, 9.17) is 28.4 Å². The maximum absolute atomic E-state index is 5.26. The molecule has 6 heterocycles. The second-order valence-electron chi connectivity index (χ2n) is 19.7. The zero-order chi connectivity index (χ0) is 56.7. The SMILES string of the molecule is C.CC.CC.CC.CC.CC.CC.CC1(C)/C=C\C=C/OCC1.CC1(C)/C=C\O/C=C\CC1.CC1(C)/C=C\OC/C=C\C1.CC1(C)C/C=C\C=C/OC1.CC1(C)C=CCOC/C=C\1.CC1(C)C=COCC/C=C\1. The summed E-state index contributed by atoms with van der Waals surface area (Å²) in [6.45, 7) is 55.0. The molecule has 0 fully saturated rings. The molecule has 6 rings (SSSR count). The van der Waals surface area contributed by atoms with E-state index in [1.807, 2.05) is 107 Å². The minimum Gasteiger partial charge on any atom is -0.501 e. The summed E-state index contributed by atoms with van der Waals surface area (Å²) in [6, 6.07) is 0. The number of allylic oxidation sites excluding steroid dienone is 14. The normalized spacial score (nSPS) is 23.9. The Morgan fingerprint density at radius 1 is 0.329 bits per heavy atom. The largest absolute Gasteiger partial charge is 0.501 e. The summed E-state index contributed by atoms with van der Waals surface area (Å²) in [7, 11) is 0. The standard InChI is InChI=1S/6C9H14O.6C2H6.CH4/c1-9(2)5-3-7-10-8-4-6-9;4*1-9(2)5-3-4-7-10-8-6-9;1-9(2)6-4-3-5-7-10-8-9;6*1-2;/h3-6H,7-8H2,1-2H3;4,6-8H,3,5H2,1-2H3;3,5-6,8H,4,7H2,1-2H3;3-4,6,8H,5,7H2,1-2H3;2*3-5,7H,6,8H2,1-2H3;6*1-2H3;1H4/b5-3-,6-4?;7-4-,8-6-;5-3-,8-6?;4-3-,8-6-;5-3-,7-4-;4-3-,7-5-;;;;;;;. The van der Waals surface area contributed by atoms with E-state index in [-0.39, 0.29) is 23.7 Å². The van der Waals surface area contributed by atoms with E-state index in [0.717, 1.165) is 65.1 Å². The molecule has 0 N–H and O–H groups in total. The maximum Gasteiger partial charge on any atom is 0.105 e. The van der Waals surface area contributed by atoms with Crippen LogP contribution in [0.25, 0.3) is 0 Å². The van der Waals surface area contributed by atoms with Gasteiger partial charge in [-0.25, -0.2) is 0 Å². The second kappa shape index (κ2) is 55.6. The molecule has 0 amide bonds. The van der Waals surface area contributed by atoms with Crippen LogP contribution < -0.4 is 0 Å². The molecule has 6 aliphatic rings. The van der Waals surface area contributed by atoms with Gasteiger partial charge in [-0.15, -0.1) is 0 Å². The Kier molecular flexibility index (Phi) is 63.1. The Morgan fingerprint density at radius 2 is 0.836 bits per heavy atom. The molecule has 6 nitrogen and oxygen atoms in total. The fourth-order valence-corrected chi connectivity index (χ4v) is 5.42. The third kappa shape index (κ3) is 63.9. The molecule has 0 aliphatic carbocycles. The van der Waals surface area contributed by atoms with E-state index in [2.05, 4.69) is 168 Å². The Hall–Kier alpha value is -4.16. The van der Waals surface area contributed by atoms with Gasteiger partial charge in [0.25, 0.3) is 0 Å². The first-order valence-electron chi connectivity index (χ1n) is 28.0. The highest BCUT2D eigenvalue weighted by molar-refractivity contribution is 5.10. The number of rotatable bonds is 0. The third-order valence-corrected chi connectivity index (χ3v) is 9.68. The molecule has 0 aromatic heterocycles. The molecule has 0 aromatic rings. The van der Waals surface area contributed by atoms with Gasteiger partial charge in [0.1, 0.15) is 6.61 Å². The van der Waals surface area contributed by atoms with Gasteiger partial charge in [0, 0.05) is 16.2 Å². The number of hydrogen-bond acceptors (Lipinski definition) is 6. The van der Waals surface area contributed by atoms with Gasteiger partial charge in [-0.1, -0.05) is 247 Å². The molecule has 6 heteroatoms. The molecular weight excluding hydrogens is 901 g/mol. The van der Waals surface area contributed by atoms with Gasteiger partial charge in [0.2, 0.25) is 0 Å². The summed E-state index contributed by atoms with van der Waals surface area (Å²) in [6.07, 6.45) is 55.0. The number of hydrogen-bond donors (Lipinski definition) is 0. The van der Waals surface area contributed by atoms with Crippen molar-refractivity contribution in [3.05, 3.63) is 147 Å². The van der Waals surface area contributed by atoms with E-state index < -0.39 is 0 Å². The first-order chi connectivity index (χ1) is 34.2. The van der Waals surface area contributed by atoms with Crippen molar-refractivity contribution in [3.63, 3.8) is 0 Å². The molecule has 6 aliphatic heterocycles. The van der Waals surface area contributed by atoms with Crippen molar-refractivity contribution in [2.45, 2.75) is 212 Å². The van der Waals surface area contributed by atoms with E-state index >= 15 is 0 Å². The van der Waals surface area contributed by atoms with Crippen LogP contribution in [-0.4, -0.2) is 39.6 Å². The summed E-state index contributed by atoms with van der Waals surface area (Å²) < 4.78 is 31.0. The molecule has 0 aromatic carbocycles. The van der Waals surface area contributed by atoms with Gasteiger partial charge < -0.3 is 28.4 Å². The van der Waals surface area contributed by atoms with Crippen molar-refractivity contribution in [2.24, 2.45) is 32.5 Å². The van der Waals surface area contributed by atoms with Gasteiger partial charge in [-0.3, -0.25) is 0 Å². The van der Waals surface area contributed by atoms with E-state index in [1.54, 1.807) is 37.6 Å². The Morgan fingerprint density at radius 3 is 1.45 bits per heavy atom. The van der Waals surface area contributed by atoms with Crippen molar-refractivity contribution in [1.29, 1.82) is 0 Å². The molecule has 0 bridgehead atoms. The highest BCUT2D eigenvalue weighted by atomic mass is 16.5. The molecule has 0 saturated carbocycles. The highest BCUT2D eigenvalue weighted by Crippen LogP contribution is 2.26. The van der Waals surface area contributed by atoms with Gasteiger partial charge in [-0.2, -0.15) is 0 Å². The summed E-state index contributed by atoms with van der Waals surface area (Å²) in [5.74, 6) is 0. The molecule has 0 radical (unpaired) electrons. The smallest absolute Gasteiger partial charge is 0.105 e. The maximum atomic E-state index is 5.26. The highest BCUT2D eigenvalue weighted by Gasteiger charge is 2.17.